The molecule has 1 aliphatic carbocycles. The highest BCUT2D eigenvalue weighted by Crippen LogP contribution is 2.45. The quantitative estimate of drug-likeness (QED) is 0.583. The average Bonchev–Trinajstić information content (AvgIpc) is 2.87. The van der Waals surface area contributed by atoms with E-state index in [4.69, 9.17) is 14.5 Å². The number of aliphatic hydroxyl groups excluding tert-OH is 1. The Balaban J connectivity index is 1.60. The molecule has 8 nitrogen and oxygen atoms in total. The lowest BCUT2D eigenvalue weighted by atomic mass is 9.74. The molecule has 0 saturated heterocycles. The Morgan fingerprint density at radius 1 is 1.11 bits per heavy atom. The molecular formula is C28H35N3O5. The fourth-order valence-electron chi connectivity index (χ4n) is 4.98. The second-order valence-electron chi connectivity index (χ2n) is 9.56. The molecule has 0 spiro atoms. The lowest BCUT2D eigenvalue weighted by Gasteiger charge is -2.37. The number of nitrogens with zero attached hydrogens (tertiary/aromatic N) is 2. The van der Waals surface area contributed by atoms with Gasteiger partial charge in [0.1, 0.15) is 0 Å². The number of ether oxygens (including phenoxy) is 2. The maximum Gasteiger partial charge on any atom is 0.224 e. The van der Waals surface area contributed by atoms with Gasteiger partial charge in [0.15, 0.2) is 11.5 Å². The van der Waals surface area contributed by atoms with Crippen molar-refractivity contribution in [3.05, 3.63) is 53.1 Å². The Labute approximate surface area is 212 Å². The molecule has 2 aromatic carbocycles. The van der Waals surface area contributed by atoms with Gasteiger partial charge in [0.2, 0.25) is 11.8 Å². The molecule has 3 unspecified atom stereocenters. The molecule has 2 aliphatic rings. The fourth-order valence-corrected chi connectivity index (χ4v) is 4.98. The number of rotatable bonds is 8. The van der Waals surface area contributed by atoms with Crippen molar-refractivity contribution in [3.63, 3.8) is 0 Å². The van der Waals surface area contributed by atoms with E-state index in [9.17, 15) is 14.7 Å². The van der Waals surface area contributed by atoms with E-state index < -0.39 is 0 Å². The summed E-state index contributed by atoms with van der Waals surface area (Å²) in [7, 11) is 4.98. The standard InChI is InChI=1S/C28H35N3O5/c1-5-36-25-15-20-21-14-19(32)10-11-23(21)30-28(22(20)16-24(25)35-4)17-6-8-18(9-7-17)29-26(33)12-13-27(34)31(2)3/h6-9,15-16,19,21,23,32H,5,10-14H2,1-4H3,(H,29,33). The maximum atomic E-state index is 12.3. The first-order valence-electron chi connectivity index (χ1n) is 12.5. The first-order chi connectivity index (χ1) is 17.3. The van der Waals surface area contributed by atoms with Crippen LogP contribution in [0.1, 0.15) is 61.6 Å². The molecule has 2 N–H and O–H groups in total. The average molecular weight is 494 g/mol. The number of hydrogen-bond acceptors (Lipinski definition) is 6. The number of fused-ring (bicyclic) bond motifs is 3. The zero-order chi connectivity index (χ0) is 25.8. The Kier molecular flexibility index (Phi) is 7.94. The van der Waals surface area contributed by atoms with E-state index in [0.29, 0.717) is 30.2 Å². The van der Waals surface area contributed by atoms with Crippen LogP contribution in [0.3, 0.4) is 0 Å². The minimum atomic E-state index is -0.329. The van der Waals surface area contributed by atoms with E-state index in [-0.39, 0.29) is 42.7 Å². The predicted octanol–water partition coefficient (Wildman–Crippen LogP) is 3.75. The normalized spacial score (nSPS) is 20.5. The van der Waals surface area contributed by atoms with Crippen LogP contribution in [0.25, 0.3) is 0 Å². The molecule has 8 heteroatoms. The van der Waals surface area contributed by atoms with Crippen molar-refractivity contribution in [3.8, 4) is 11.5 Å². The number of aliphatic hydroxyl groups is 1. The molecule has 2 amide bonds. The van der Waals surface area contributed by atoms with Crippen LogP contribution in [0.15, 0.2) is 41.4 Å². The minimum absolute atomic E-state index is 0.0778. The minimum Gasteiger partial charge on any atom is -0.493 e. The summed E-state index contributed by atoms with van der Waals surface area (Å²) >= 11 is 0. The van der Waals surface area contributed by atoms with Crippen LogP contribution >= 0.6 is 0 Å². The Bertz CT molecular complexity index is 1140. The highest BCUT2D eigenvalue weighted by molar-refractivity contribution is 6.15. The molecule has 0 radical (unpaired) electrons. The van der Waals surface area contributed by atoms with Gasteiger partial charge in [-0.2, -0.15) is 0 Å². The maximum absolute atomic E-state index is 12.3. The van der Waals surface area contributed by atoms with Crippen molar-refractivity contribution < 1.29 is 24.2 Å². The summed E-state index contributed by atoms with van der Waals surface area (Å²) in [6, 6.07) is 11.7. The third kappa shape index (κ3) is 5.54. The molecular weight excluding hydrogens is 458 g/mol. The Hall–Kier alpha value is -3.39. The molecule has 4 rings (SSSR count). The summed E-state index contributed by atoms with van der Waals surface area (Å²) in [4.78, 5) is 30.6. The van der Waals surface area contributed by atoms with Crippen molar-refractivity contribution in [2.45, 2.75) is 57.1 Å². The summed E-state index contributed by atoms with van der Waals surface area (Å²) in [6.07, 6.45) is 2.22. The lowest BCUT2D eigenvalue weighted by Crippen LogP contribution is -2.34. The van der Waals surface area contributed by atoms with E-state index in [1.807, 2.05) is 43.3 Å². The van der Waals surface area contributed by atoms with Crippen LogP contribution in [0, 0.1) is 0 Å². The zero-order valence-electron chi connectivity index (χ0n) is 21.4. The zero-order valence-corrected chi connectivity index (χ0v) is 21.4. The van der Waals surface area contributed by atoms with Crippen LogP contribution in [-0.2, 0) is 9.59 Å². The third-order valence-corrected chi connectivity index (χ3v) is 6.88. The van der Waals surface area contributed by atoms with Gasteiger partial charge in [0.25, 0.3) is 0 Å². The van der Waals surface area contributed by atoms with Crippen LogP contribution < -0.4 is 14.8 Å². The summed E-state index contributed by atoms with van der Waals surface area (Å²) in [5.74, 6) is 1.20. The molecule has 192 valence electrons. The van der Waals surface area contributed by atoms with E-state index in [1.165, 1.54) is 4.90 Å². The molecule has 1 aliphatic heterocycles. The number of aliphatic imine (C=N–C) groups is 1. The molecule has 36 heavy (non-hydrogen) atoms. The van der Waals surface area contributed by atoms with Gasteiger partial charge >= 0.3 is 0 Å². The van der Waals surface area contributed by atoms with E-state index in [0.717, 1.165) is 35.2 Å². The van der Waals surface area contributed by atoms with Crippen LogP contribution in [0.2, 0.25) is 0 Å². The second kappa shape index (κ2) is 11.1. The molecule has 1 saturated carbocycles. The molecule has 3 atom stereocenters. The SMILES string of the molecule is CCOc1cc2c(cc1OC)C(c1ccc(NC(=O)CCC(=O)N(C)C)cc1)=NC1CCC(O)CC21. The Morgan fingerprint density at radius 2 is 1.86 bits per heavy atom. The second-order valence-corrected chi connectivity index (χ2v) is 9.56. The van der Waals surface area contributed by atoms with Crippen molar-refractivity contribution in [1.82, 2.24) is 4.90 Å². The highest BCUT2D eigenvalue weighted by atomic mass is 16.5. The van der Waals surface area contributed by atoms with E-state index in [2.05, 4.69) is 5.32 Å². The van der Waals surface area contributed by atoms with Gasteiger partial charge in [0, 0.05) is 49.7 Å². The van der Waals surface area contributed by atoms with Gasteiger partial charge in [-0.1, -0.05) is 12.1 Å². The fraction of sp³-hybridized carbons (Fsp3) is 0.464. The smallest absolute Gasteiger partial charge is 0.224 e. The number of benzene rings is 2. The summed E-state index contributed by atoms with van der Waals surface area (Å²) in [5.41, 5.74) is 4.58. The first-order valence-corrected chi connectivity index (χ1v) is 12.5. The van der Waals surface area contributed by atoms with Crippen molar-refractivity contribution >= 4 is 23.2 Å². The van der Waals surface area contributed by atoms with Crippen molar-refractivity contribution in [2.75, 3.05) is 33.1 Å². The van der Waals surface area contributed by atoms with Gasteiger partial charge in [-0.25, -0.2) is 0 Å². The molecule has 1 fully saturated rings. The first kappa shape index (κ1) is 25.7. The lowest BCUT2D eigenvalue weighted by molar-refractivity contribution is -0.130. The van der Waals surface area contributed by atoms with Crippen molar-refractivity contribution in [1.29, 1.82) is 0 Å². The van der Waals surface area contributed by atoms with Gasteiger partial charge in [0.05, 0.1) is 31.6 Å². The van der Waals surface area contributed by atoms with E-state index >= 15 is 0 Å². The molecule has 0 bridgehead atoms. The van der Waals surface area contributed by atoms with Gasteiger partial charge in [-0.3, -0.25) is 14.6 Å². The predicted molar refractivity (Wildman–Crippen MR) is 139 cm³/mol. The third-order valence-electron chi connectivity index (χ3n) is 6.88. The number of carbonyl (C=O) groups is 2. The summed E-state index contributed by atoms with van der Waals surface area (Å²) < 4.78 is 11.5. The van der Waals surface area contributed by atoms with Crippen LogP contribution in [0.5, 0.6) is 11.5 Å². The molecule has 0 aromatic heterocycles. The van der Waals surface area contributed by atoms with Gasteiger partial charge in [-0.15, -0.1) is 0 Å². The Morgan fingerprint density at radius 3 is 2.53 bits per heavy atom. The summed E-state index contributed by atoms with van der Waals surface area (Å²) in [6.45, 7) is 2.47. The van der Waals surface area contributed by atoms with Gasteiger partial charge < -0.3 is 24.8 Å². The van der Waals surface area contributed by atoms with Gasteiger partial charge in [-0.05, 0) is 56.0 Å². The van der Waals surface area contributed by atoms with E-state index in [1.54, 1.807) is 21.2 Å². The number of carbonyl (C=O) groups excluding carboxylic acids is 2. The number of amides is 2. The largest absolute Gasteiger partial charge is 0.493 e. The van der Waals surface area contributed by atoms with Crippen LogP contribution in [-0.4, -0.2) is 67.5 Å². The number of hydrogen-bond donors (Lipinski definition) is 2. The number of nitrogens with one attached hydrogen (secondary N) is 1. The molecule has 2 aromatic rings. The number of anilines is 1. The highest BCUT2D eigenvalue weighted by Gasteiger charge is 2.37. The monoisotopic (exact) mass is 493 g/mol. The summed E-state index contributed by atoms with van der Waals surface area (Å²) in [5, 5.41) is 13.2. The number of methoxy groups -OCH3 is 1. The van der Waals surface area contributed by atoms with Crippen molar-refractivity contribution in [2.24, 2.45) is 4.99 Å². The van der Waals surface area contributed by atoms with Crippen LogP contribution in [0.4, 0.5) is 5.69 Å². The topological polar surface area (TPSA) is 100 Å². The molecule has 1 heterocycles.